The zero-order valence-corrected chi connectivity index (χ0v) is 15.3. The monoisotopic (exact) mass is 336 g/mol. The lowest BCUT2D eigenvalue weighted by Crippen LogP contribution is -2.25. The normalized spacial score (nSPS) is 10.6. The molecule has 0 aliphatic carbocycles. The van der Waals surface area contributed by atoms with Crippen molar-refractivity contribution in [2.24, 2.45) is 0 Å². The lowest BCUT2D eigenvalue weighted by Gasteiger charge is -2.18. The van der Waals surface area contributed by atoms with Crippen LogP contribution in [0.3, 0.4) is 0 Å². The Morgan fingerprint density at radius 3 is 1.92 bits per heavy atom. The van der Waals surface area contributed by atoms with Gasteiger partial charge in [-0.1, -0.05) is 37.3 Å². The fourth-order valence-corrected chi connectivity index (χ4v) is 2.16. The van der Waals surface area contributed by atoms with E-state index in [-0.39, 0.29) is 0 Å². The van der Waals surface area contributed by atoms with Crippen LogP contribution in [0.4, 0.5) is 4.79 Å². The second-order valence-electron chi connectivity index (χ2n) is 6.79. The minimum absolute atomic E-state index is 0.434. The fraction of sp³-hybridized carbons (Fsp3) is 0.318. The molecule has 0 saturated carbocycles. The van der Waals surface area contributed by atoms with E-state index in [0.29, 0.717) is 5.75 Å². The van der Waals surface area contributed by atoms with Gasteiger partial charge in [0, 0.05) is 11.1 Å². The first-order chi connectivity index (χ1) is 11.9. The van der Waals surface area contributed by atoms with Crippen LogP contribution in [0.1, 0.15) is 50.8 Å². The minimum Gasteiger partial charge on any atom is -0.428 e. The molecule has 0 atom stereocenters. The molecule has 0 spiro atoms. The van der Waals surface area contributed by atoms with Crippen molar-refractivity contribution in [1.29, 1.82) is 0 Å². The Bertz CT molecular complexity index is 754. The summed E-state index contributed by atoms with van der Waals surface area (Å²) in [5.41, 5.74) is 2.59. The van der Waals surface area contributed by atoms with Crippen molar-refractivity contribution in [1.82, 2.24) is 0 Å². The van der Waals surface area contributed by atoms with Crippen LogP contribution in [0.25, 0.3) is 0 Å². The van der Waals surface area contributed by atoms with Crippen molar-refractivity contribution >= 4 is 6.16 Å². The highest BCUT2D eigenvalue weighted by atomic mass is 16.7. The van der Waals surface area contributed by atoms with Crippen molar-refractivity contribution in [3.05, 3.63) is 65.2 Å². The average Bonchev–Trinajstić information content (AvgIpc) is 2.54. The predicted molar refractivity (Wildman–Crippen MR) is 99.7 cm³/mol. The molecule has 0 unspecified atom stereocenters. The molecule has 0 aliphatic rings. The van der Waals surface area contributed by atoms with Crippen LogP contribution in [0, 0.1) is 11.8 Å². The van der Waals surface area contributed by atoms with E-state index in [0.717, 1.165) is 24.0 Å². The molecule has 0 bridgehead atoms. The van der Waals surface area contributed by atoms with Crippen molar-refractivity contribution in [2.45, 2.75) is 46.1 Å². The Hall–Kier alpha value is -2.73. The first-order valence-electron chi connectivity index (χ1n) is 8.47. The third-order valence-corrected chi connectivity index (χ3v) is 3.29. The molecule has 0 heterocycles. The molecule has 0 saturated heterocycles. The highest BCUT2D eigenvalue weighted by Crippen LogP contribution is 2.15. The van der Waals surface area contributed by atoms with Crippen molar-refractivity contribution < 1.29 is 14.3 Å². The molecule has 2 rings (SSSR count). The Kier molecular flexibility index (Phi) is 6.25. The first kappa shape index (κ1) is 18.6. The molecule has 2 aromatic rings. The number of hydrogen-bond donors (Lipinski definition) is 0. The van der Waals surface area contributed by atoms with E-state index in [1.54, 1.807) is 32.9 Å². The number of hydrogen-bond acceptors (Lipinski definition) is 3. The quantitative estimate of drug-likeness (QED) is 0.430. The van der Waals surface area contributed by atoms with E-state index in [4.69, 9.17) is 9.47 Å². The van der Waals surface area contributed by atoms with Crippen LogP contribution in [0.5, 0.6) is 5.75 Å². The molecular weight excluding hydrogens is 312 g/mol. The maximum atomic E-state index is 11.6. The molecule has 2 aromatic carbocycles. The summed E-state index contributed by atoms with van der Waals surface area (Å²) in [5.74, 6) is 6.68. The summed E-state index contributed by atoms with van der Waals surface area (Å²) in [4.78, 5) is 11.6. The summed E-state index contributed by atoms with van der Waals surface area (Å²) in [7, 11) is 0. The molecule has 0 amide bonds. The van der Waals surface area contributed by atoms with Crippen LogP contribution < -0.4 is 4.74 Å². The van der Waals surface area contributed by atoms with Crippen LogP contribution in [-0.2, 0) is 11.2 Å². The summed E-state index contributed by atoms with van der Waals surface area (Å²) in [5, 5.41) is 0. The number of carbonyl (C=O) groups excluding carboxylic acids is 1. The number of benzene rings is 2. The second kappa shape index (κ2) is 8.39. The Labute approximate surface area is 150 Å². The molecule has 0 aliphatic heterocycles. The van der Waals surface area contributed by atoms with E-state index < -0.39 is 11.8 Å². The van der Waals surface area contributed by atoms with E-state index >= 15 is 0 Å². The maximum absolute atomic E-state index is 11.6. The highest BCUT2D eigenvalue weighted by molar-refractivity contribution is 5.64. The Balaban J connectivity index is 1.97. The first-order valence-corrected chi connectivity index (χ1v) is 8.47. The van der Waals surface area contributed by atoms with E-state index in [2.05, 4.69) is 30.9 Å². The van der Waals surface area contributed by atoms with E-state index in [9.17, 15) is 4.79 Å². The van der Waals surface area contributed by atoms with Gasteiger partial charge in [-0.3, -0.25) is 0 Å². The number of ether oxygens (including phenoxy) is 2. The van der Waals surface area contributed by atoms with Gasteiger partial charge in [-0.25, -0.2) is 4.79 Å². The molecule has 3 heteroatoms. The average molecular weight is 336 g/mol. The molecule has 130 valence electrons. The van der Waals surface area contributed by atoms with Gasteiger partial charge in [-0.05, 0) is 69.2 Å². The van der Waals surface area contributed by atoms with Crippen LogP contribution in [0.15, 0.2) is 48.5 Å². The van der Waals surface area contributed by atoms with Crippen molar-refractivity contribution in [3.8, 4) is 17.6 Å². The van der Waals surface area contributed by atoms with E-state index in [1.807, 2.05) is 24.3 Å². The largest absolute Gasteiger partial charge is 0.514 e. The molecule has 0 radical (unpaired) electrons. The zero-order chi connectivity index (χ0) is 18.3. The minimum atomic E-state index is -0.710. The van der Waals surface area contributed by atoms with Gasteiger partial charge in [0.05, 0.1) is 0 Å². The Morgan fingerprint density at radius 2 is 1.44 bits per heavy atom. The van der Waals surface area contributed by atoms with Crippen LogP contribution in [0.2, 0.25) is 0 Å². The Morgan fingerprint density at radius 1 is 0.920 bits per heavy atom. The number of rotatable bonds is 3. The summed E-state index contributed by atoms with van der Waals surface area (Å²) in [6.07, 6.45) is 1.52. The maximum Gasteiger partial charge on any atom is 0.514 e. The summed E-state index contributed by atoms with van der Waals surface area (Å²) in [6, 6.07) is 15.4. The van der Waals surface area contributed by atoms with Gasteiger partial charge in [0.25, 0.3) is 0 Å². The zero-order valence-electron chi connectivity index (χ0n) is 15.3. The highest BCUT2D eigenvalue weighted by Gasteiger charge is 2.17. The summed E-state index contributed by atoms with van der Waals surface area (Å²) < 4.78 is 10.2. The number of carbonyl (C=O) groups is 1. The fourth-order valence-electron chi connectivity index (χ4n) is 2.16. The van der Waals surface area contributed by atoms with E-state index in [1.165, 1.54) is 5.56 Å². The second-order valence-corrected chi connectivity index (χ2v) is 6.79. The molecule has 0 aromatic heterocycles. The topological polar surface area (TPSA) is 35.5 Å². The van der Waals surface area contributed by atoms with Gasteiger partial charge in [0.1, 0.15) is 11.4 Å². The smallest absolute Gasteiger partial charge is 0.428 e. The lowest BCUT2D eigenvalue weighted by atomic mass is 10.1. The standard InChI is InChI=1S/C22H24O3/c1-5-6-17-7-9-18(10-8-17)11-12-19-13-15-20(16-14-19)24-21(23)25-22(2,3)4/h7-10,13-16H,5-6H2,1-4H3. The SMILES string of the molecule is CCCc1ccc(C#Cc2ccc(OC(=O)OC(C)(C)C)cc2)cc1. The number of aryl methyl sites for hydroxylation is 1. The summed E-state index contributed by atoms with van der Waals surface area (Å²) in [6.45, 7) is 7.55. The van der Waals surface area contributed by atoms with Gasteiger partial charge >= 0.3 is 6.16 Å². The van der Waals surface area contributed by atoms with Crippen molar-refractivity contribution in [2.75, 3.05) is 0 Å². The third-order valence-electron chi connectivity index (χ3n) is 3.29. The van der Waals surface area contributed by atoms with Gasteiger partial charge in [0.15, 0.2) is 0 Å². The molecule has 3 nitrogen and oxygen atoms in total. The molecule has 25 heavy (non-hydrogen) atoms. The molecule has 0 N–H and O–H groups in total. The third kappa shape index (κ3) is 6.73. The summed E-state index contributed by atoms with van der Waals surface area (Å²) >= 11 is 0. The van der Waals surface area contributed by atoms with Gasteiger partial charge < -0.3 is 9.47 Å². The van der Waals surface area contributed by atoms with Crippen LogP contribution in [-0.4, -0.2) is 11.8 Å². The lowest BCUT2D eigenvalue weighted by molar-refractivity contribution is 0.0206. The van der Waals surface area contributed by atoms with Crippen LogP contribution >= 0.6 is 0 Å². The van der Waals surface area contributed by atoms with Gasteiger partial charge in [0.2, 0.25) is 0 Å². The predicted octanol–water partition coefficient (Wildman–Crippen LogP) is 5.35. The van der Waals surface area contributed by atoms with Crippen molar-refractivity contribution in [3.63, 3.8) is 0 Å². The van der Waals surface area contributed by atoms with Gasteiger partial charge in [-0.2, -0.15) is 0 Å². The van der Waals surface area contributed by atoms with Gasteiger partial charge in [-0.15, -0.1) is 0 Å². The molecule has 0 fully saturated rings. The molecular formula is C22H24O3.